The summed E-state index contributed by atoms with van der Waals surface area (Å²) in [4.78, 5) is 9.43. The van der Waals surface area contributed by atoms with Gasteiger partial charge in [0.15, 0.2) is 16.0 Å². The maximum atomic E-state index is 9.43. The van der Waals surface area contributed by atoms with Crippen LogP contribution in [0.2, 0.25) is 0 Å². The fraction of sp³-hybridized carbons (Fsp3) is 0. The van der Waals surface area contributed by atoms with E-state index in [4.69, 9.17) is 16.0 Å². The second-order valence-corrected chi connectivity index (χ2v) is 0.906. The second kappa shape index (κ2) is 4.74. The monoisotopic (exact) mass is 107 g/mol. The zero-order valence-corrected chi connectivity index (χ0v) is 4.07. The minimum atomic E-state index is 0.347. The maximum Gasteiger partial charge on any atom is 0.407 e. The summed E-state index contributed by atoms with van der Waals surface area (Å²) in [5, 5.41) is 0. The van der Waals surface area contributed by atoms with Crippen molar-refractivity contribution in [1.29, 1.82) is 0 Å². The van der Waals surface area contributed by atoms with Crippen molar-refractivity contribution < 1.29 is 9.55 Å². The Hall–Kier alpha value is -0.415. The average Bonchev–Trinajstić information content (AvgIpc) is 1.66. The highest BCUT2D eigenvalue weighted by Crippen LogP contribution is 1.62. The number of carbonyl (C=O) groups excluding carboxylic acids is 1. The molecule has 37 valence electrons. The molecule has 1 N–H and O–H groups in total. The zero-order chi connectivity index (χ0) is 6.41. The highest BCUT2D eigenvalue weighted by Gasteiger charge is 1.91. The van der Waals surface area contributed by atoms with Crippen LogP contribution in [0.25, 0.3) is 0 Å². The number of rotatable bonds is 4. The summed E-state index contributed by atoms with van der Waals surface area (Å²) in [6, 6.07) is 0. The maximum absolute atomic E-state index is 9.43. The standard InChI is InChI=1S/CH2B3N2O2/c2-6(3)4-8-5-1-7/h1H,(H,5,7). The predicted molar refractivity (Wildman–Crippen MR) is 29.4 cm³/mol. The van der Waals surface area contributed by atoms with Crippen molar-refractivity contribution in [2.75, 3.05) is 0 Å². The van der Waals surface area contributed by atoms with Gasteiger partial charge in [0, 0.05) is 0 Å². The predicted octanol–water partition coefficient (Wildman–Crippen LogP) is -2.33. The lowest BCUT2D eigenvalue weighted by Gasteiger charge is -2.04. The number of carbonyl (C=O) groups is 1. The smallest absolute Gasteiger partial charge is 0.407 e. The lowest BCUT2D eigenvalue weighted by molar-refractivity contribution is -0.115. The summed E-state index contributed by atoms with van der Waals surface area (Å²) < 4.78 is 4.84. The topological polar surface area (TPSA) is 41.6 Å². The van der Waals surface area contributed by atoms with Crippen LogP contribution in [0.1, 0.15) is 0 Å². The highest BCUT2D eigenvalue weighted by molar-refractivity contribution is 6.48. The van der Waals surface area contributed by atoms with E-state index in [0.29, 0.717) is 11.0 Å². The number of hydroxylamine groups is 1. The summed E-state index contributed by atoms with van der Waals surface area (Å²) in [5.74, 6) is 0. The Morgan fingerprint density at radius 1 is 1.75 bits per heavy atom. The van der Waals surface area contributed by atoms with Crippen LogP contribution in [-0.2, 0) is 9.55 Å². The Morgan fingerprint density at radius 2 is 2.38 bits per heavy atom. The van der Waals surface area contributed by atoms with Gasteiger partial charge >= 0.3 is 7.62 Å². The fourth-order valence-electron chi connectivity index (χ4n) is 0.119. The van der Waals surface area contributed by atoms with E-state index < -0.39 is 0 Å². The van der Waals surface area contributed by atoms with Crippen molar-refractivity contribution >= 4 is 30.0 Å². The second-order valence-electron chi connectivity index (χ2n) is 0.906. The van der Waals surface area contributed by atoms with Crippen molar-refractivity contribution in [2.45, 2.75) is 0 Å². The highest BCUT2D eigenvalue weighted by atomic mass is 16.6. The Morgan fingerprint density at radius 3 is 2.75 bits per heavy atom. The van der Waals surface area contributed by atoms with Crippen molar-refractivity contribution in [2.24, 2.45) is 0 Å². The van der Waals surface area contributed by atoms with Gasteiger partial charge in [0.1, 0.15) is 0 Å². The number of amides is 1. The van der Waals surface area contributed by atoms with Crippen molar-refractivity contribution in [3.05, 3.63) is 0 Å². The molecule has 0 aromatic carbocycles. The minimum Gasteiger partial charge on any atom is -0.423 e. The Labute approximate surface area is 50.7 Å². The van der Waals surface area contributed by atoms with Gasteiger partial charge in [-0.3, -0.25) is 10.3 Å². The van der Waals surface area contributed by atoms with Crippen molar-refractivity contribution in [3.8, 4) is 0 Å². The quantitative estimate of drug-likeness (QED) is 0.189. The number of nitrogens with one attached hydrogen (secondary N) is 1. The van der Waals surface area contributed by atoms with Crippen molar-refractivity contribution in [3.63, 3.8) is 0 Å². The van der Waals surface area contributed by atoms with Crippen LogP contribution in [0.5, 0.6) is 0 Å². The van der Waals surface area contributed by atoms with Gasteiger partial charge in [0.05, 0.1) is 0 Å². The molecule has 0 rings (SSSR count). The fourth-order valence-corrected chi connectivity index (χ4v) is 0.119. The molecule has 0 aliphatic heterocycles. The van der Waals surface area contributed by atoms with E-state index in [1.54, 1.807) is 0 Å². The molecule has 1 amide bonds. The SMILES string of the molecule is [B]N([B])[B]ONC=O. The van der Waals surface area contributed by atoms with E-state index in [-0.39, 0.29) is 0 Å². The van der Waals surface area contributed by atoms with E-state index in [1.165, 1.54) is 0 Å². The third-order valence-corrected chi connectivity index (χ3v) is 0.291. The molecule has 0 aromatic heterocycles. The molecule has 7 heteroatoms. The molecule has 8 heavy (non-hydrogen) atoms. The number of hydrogen-bond acceptors (Lipinski definition) is 3. The molecule has 0 saturated heterocycles. The molecule has 0 aromatic rings. The van der Waals surface area contributed by atoms with Crippen molar-refractivity contribution in [1.82, 2.24) is 10.1 Å². The number of hydrogen-bond donors (Lipinski definition) is 1. The lowest BCUT2D eigenvalue weighted by atomic mass is 10.00. The van der Waals surface area contributed by atoms with E-state index in [0.717, 1.165) is 7.62 Å². The molecule has 0 fully saturated rings. The first-order valence-corrected chi connectivity index (χ1v) is 1.74. The van der Waals surface area contributed by atoms with Crippen LogP contribution in [0.4, 0.5) is 0 Å². The molecule has 0 unspecified atom stereocenters. The zero-order valence-electron chi connectivity index (χ0n) is 4.07. The largest absolute Gasteiger partial charge is 0.423 e. The van der Waals surface area contributed by atoms with E-state index in [9.17, 15) is 4.79 Å². The van der Waals surface area contributed by atoms with Gasteiger partial charge in [-0.25, -0.2) is 0 Å². The molecular weight excluding hydrogens is 104 g/mol. The van der Waals surface area contributed by atoms with Gasteiger partial charge in [-0.15, -0.1) is 0 Å². The molecule has 0 spiro atoms. The van der Waals surface area contributed by atoms with Crippen LogP contribution in [0.3, 0.4) is 0 Å². The first-order chi connectivity index (χ1) is 3.77. The molecule has 0 saturated carbocycles. The van der Waals surface area contributed by atoms with Crippen LogP contribution < -0.4 is 5.48 Å². The van der Waals surface area contributed by atoms with E-state index >= 15 is 0 Å². The first kappa shape index (κ1) is 7.58. The summed E-state index contributed by atoms with van der Waals surface area (Å²) in [6.07, 6.45) is 0.347. The minimum absolute atomic E-state index is 0.347. The average molecular weight is 106 g/mol. The Balaban J connectivity index is 2.81. The van der Waals surface area contributed by atoms with Gasteiger partial charge in [-0.1, -0.05) is 0 Å². The van der Waals surface area contributed by atoms with Gasteiger partial charge in [-0.2, -0.15) is 0 Å². The summed E-state index contributed by atoms with van der Waals surface area (Å²) in [6.45, 7) is 0. The summed E-state index contributed by atoms with van der Waals surface area (Å²) >= 11 is 0. The number of nitrogens with zero attached hydrogens (tertiary/aromatic N) is 1. The van der Waals surface area contributed by atoms with Crippen LogP contribution in [0, 0.1) is 0 Å². The van der Waals surface area contributed by atoms with Crippen LogP contribution in [0.15, 0.2) is 0 Å². The van der Waals surface area contributed by atoms with Crippen LogP contribution in [-0.4, -0.2) is 34.6 Å². The Bertz CT molecular complexity index is 68.3. The molecule has 4 nitrogen and oxygen atoms in total. The van der Waals surface area contributed by atoms with Crippen LogP contribution >= 0.6 is 0 Å². The third kappa shape index (κ3) is 5.58. The molecule has 5 radical (unpaired) electrons. The normalized spacial score (nSPS) is 8.62. The van der Waals surface area contributed by atoms with Gasteiger partial charge in [0.25, 0.3) is 0 Å². The lowest BCUT2D eigenvalue weighted by Crippen LogP contribution is -2.28. The molecule has 0 atom stereocenters. The summed E-state index contributed by atoms with van der Waals surface area (Å²) in [7, 11) is 10.5. The third-order valence-electron chi connectivity index (χ3n) is 0.291. The first-order valence-electron chi connectivity index (χ1n) is 1.74. The molecular formula is CH2B3N2O2. The molecule has 0 aliphatic carbocycles. The molecule has 0 aliphatic rings. The van der Waals surface area contributed by atoms with Gasteiger partial charge in [0.2, 0.25) is 6.41 Å². The van der Waals surface area contributed by atoms with E-state index in [1.807, 2.05) is 5.48 Å². The summed E-state index contributed by atoms with van der Waals surface area (Å²) in [5.41, 5.74) is 1.84. The Kier molecular flexibility index (Phi) is 4.49. The van der Waals surface area contributed by atoms with Gasteiger partial charge in [-0.05, 0) is 0 Å². The molecule has 0 bridgehead atoms. The molecule has 0 heterocycles. The van der Waals surface area contributed by atoms with E-state index in [2.05, 4.69) is 4.76 Å². The van der Waals surface area contributed by atoms with Gasteiger partial charge < -0.3 is 9.39 Å².